The van der Waals surface area contributed by atoms with Crippen molar-refractivity contribution in [2.75, 3.05) is 19.6 Å². The van der Waals surface area contributed by atoms with Gasteiger partial charge in [-0.1, -0.05) is 18.2 Å². The Morgan fingerprint density at radius 1 is 1.00 bits per heavy atom. The molecule has 0 radical (unpaired) electrons. The molecule has 3 saturated heterocycles. The summed E-state index contributed by atoms with van der Waals surface area (Å²) in [6, 6.07) is 13.3. The first-order chi connectivity index (χ1) is 13.3. The third kappa shape index (κ3) is 3.37. The first-order valence-corrected chi connectivity index (χ1v) is 10.0. The van der Waals surface area contributed by atoms with Gasteiger partial charge >= 0.3 is 0 Å². The Morgan fingerprint density at radius 3 is 2.78 bits per heavy atom. The maximum atomic E-state index is 4.91. The van der Waals surface area contributed by atoms with E-state index in [0.29, 0.717) is 6.04 Å². The van der Waals surface area contributed by atoms with Crippen LogP contribution in [0.4, 0.5) is 0 Å². The maximum Gasteiger partial charge on any atom is 0.123 e. The monoisotopic (exact) mass is 361 g/mol. The number of aryl methyl sites for hydroxylation is 1. The number of fused-ring (bicyclic) bond motifs is 5. The lowest BCUT2D eigenvalue weighted by Crippen LogP contribution is -2.43. The van der Waals surface area contributed by atoms with Crippen LogP contribution in [0.2, 0.25) is 0 Å². The number of nitrogens with zero attached hydrogens (tertiary/aromatic N) is 5. The minimum absolute atomic E-state index is 0.625. The van der Waals surface area contributed by atoms with Crippen LogP contribution in [0, 0.1) is 5.92 Å². The average molecular weight is 361 g/mol. The zero-order valence-corrected chi connectivity index (χ0v) is 16.0. The van der Waals surface area contributed by atoms with Crippen molar-refractivity contribution in [3.63, 3.8) is 0 Å². The molecule has 0 saturated carbocycles. The van der Waals surface area contributed by atoms with E-state index in [-0.39, 0.29) is 0 Å². The van der Waals surface area contributed by atoms with Crippen molar-refractivity contribution in [2.45, 2.75) is 32.0 Å². The Bertz CT molecular complexity index is 919. The standard InChI is InChI=1S/C22H27N5/c1-25-21-7-3-2-6-20(21)24-22(25)16-27-14-18-8-9-19(27)15-26(13-18)12-17-5-4-10-23-11-17/h2-7,10-11,18-19H,8-9,12-16H2,1H3/t18-,19+/m0/s1. The molecule has 0 unspecified atom stereocenters. The summed E-state index contributed by atoms with van der Waals surface area (Å²) in [4.78, 5) is 14.5. The van der Waals surface area contributed by atoms with E-state index in [1.165, 1.54) is 42.8 Å². The van der Waals surface area contributed by atoms with Crippen molar-refractivity contribution >= 4 is 11.0 Å². The molecular formula is C22H27N5. The van der Waals surface area contributed by atoms with Crippen LogP contribution in [0.25, 0.3) is 11.0 Å². The second-order valence-electron chi connectivity index (χ2n) is 8.16. The van der Waals surface area contributed by atoms with Crippen LogP contribution < -0.4 is 0 Å². The first-order valence-electron chi connectivity index (χ1n) is 10.0. The van der Waals surface area contributed by atoms with Gasteiger partial charge in [-0.05, 0) is 42.5 Å². The molecule has 0 amide bonds. The number of hydrogen-bond acceptors (Lipinski definition) is 4. The molecule has 1 aromatic carbocycles. The predicted octanol–water partition coefficient (Wildman–Crippen LogP) is 3.06. The SMILES string of the molecule is Cn1c(CN2C[C@H]3CC[C@@H]2CN(Cc2cccnc2)C3)nc2ccccc21. The number of piperidine rings is 1. The van der Waals surface area contributed by atoms with Crippen molar-refractivity contribution in [3.8, 4) is 0 Å². The van der Waals surface area contributed by atoms with Crippen LogP contribution in [0.3, 0.4) is 0 Å². The van der Waals surface area contributed by atoms with Crippen molar-refractivity contribution in [1.29, 1.82) is 0 Å². The molecule has 0 aliphatic carbocycles. The molecule has 6 rings (SSSR count). The average Bonchev–Trinajstić information content (AvgIpc) is 2.83. The molecular weight excluding hydrogens is 334 g/mol. The third-order valence-corrected chi connectivity index (χ3v) is 6.26. The molecule has 3 fully saturated rings. The number of para-hydroxylation sites is 2. The van der Waals surface area contributed by atoms with Crippen molar-refractivity contribution < 1.29 is 0 Å². The fourth-order valence-corrected chi connectivity index (χ4v) is 4.87. The minimum atomic E-state index is 0.625. The van der Waals surface area contributed by atoms with E-state index in [1.807, 2.05) is 18.5 Å². The number of benzene rings is 1. The highest BCUT2D eigenvalue weighted by Crippen LogP contribution is 2.30. The Morgan fingerprint density at radius 2 is 1.93 bits per heavy atom. The van der Waals surface area contributed by atoms with Crippen molar-refractivity contribution in [1.82, 2.24) is 24.3 Å². The number of hydrogen-bond donors (Lipinski definition) is 0. The Hall–Kier alpha value is -2.24. The summed E-state index contributed by atoms with van der Waals surface area (Å²) in [5.74, 6) is 1.94. The molecule has 3 aromatic rings. The molecule has 0 N–H and O–H groups in total. The van der Waals surface area contributed by atoms with Crippen molar-refractivity contribution in [3.05, 3.63) is 60.2 Å². The molecule has 2 aromatic heterocycles. The molecule has 140 valence electrons. The Kier molecular flexibility index (Phi) is 4.42. The van der Waals surface area contributed by atoms with Gasteiger partial charge in [-0.15, -0.1) is 0 Å². The lowest BCUT2D eigenvalue weighted by molar-refractivity contribution is 0.119. The maximum absolute atomic E-state index is 4.91. The predicted molar refractivity (Wildman–Crippen MR) is 107 cm³/mol. The molecule has 5 heterocycles. The van der Waals surface area contributed by atoms with Crippen molar-refractivity contribution in [2.24, 2.45) is 13.0 Å². The highest BCUT2D eigenvalue weighted by Gasteiger charge is 2.35. The molecule has 27 heavy (non-hydrogen) atoms. The molecule has 5 heteroatoms. The second-order valence-corrected chi connectivity index (χ2v) is 8.16. The largest absolute Gasteiger partial charge is 0.330 e. The summed E-state index contributed by atoms with van der Waals surface area (Å²) in [6.07, 6.45) is 6.52. The van der Waals surface area contributed by atoms with Crippen LogP contribution in [0.1, 0.15) is 24.2 Å². The van der Waals surface area contributed by atoms with Gasteiger partial charge < -0.3 is 4.57 Å². The van der Waals surface area contributed by atoms with Crippen LogP contribution in [-0.4, -0.2) is 50.0 Å². The Balaban J connectivity index is 1.33. The third-order valence-electron chi connectivity index (χ3n) is 6.26. The summed E-state index contributed by atoms with van der Waals surface area (Å²) in [5, 5.41) is 0. The normalized spacial score (nSPS) is 23.7. The quantitative estimate of drug-likeness (QED) is 0.716. The van der Waals surface area contributed by atoms with Crippen LogP contribution in [0.15, 0.2) is 48.8 Å². The fourth-order valence-electron chi connectivity index (χ4n) is 4.87. The van der Waals surface area contributed by atoms with Crippen LogP contribution in [0.5, 0.6) is 0 Å². The first kappa shape index (κ1) is 16.9. The topological polar surface area (TPSA) is 37.2 Å². The summed E-state index contributed by atoms with van der Waals surface area (Å²) in [7, 11) is 2.15. The number of aromatic nitrogens is 3. The summed E-state index contributed by atoms with van der Waals surface area (Å²) in [6.45, 7) is 5.51. The summed E-state index contributed by atoms with van der Waals surface area (Å²) < 4.78 is 2.27. The van der Waals surface area contributed by atoms with E-state index >= 15 is 0 Å². The van der Waals surface area contributed by atoms with E-state index < -0.39 is 0 Å². The van der Waals surface area contributed by atoms with Crippen LogP contribution >= 0.6 is 0 Å². The van der Waals surface area contributed by atoms with Gasteiger partial charge in [0.05, 0.1) is 17.6 Å². The van der Waals surface area contributed by atoms with E-state index in [0.717, 1.165) is 31.1 Å². The molecule has 2 atom stereocenters. The van der Waals surface area contributed by atoms with E-state index in [2.05, 4.69) is 56.7 Å². The highest BCUT2D eigenvalue weighted by atomic mass is 15.3. The number of rotatable bonds is 4. The zero-order chi connectivity index (χ0) is 18.2. The van der Waals surface area contributed by atoms with E-state index in [1.54, 1.807) is 0 Å². The summed E-state index contributed by atoms with van der Waals surface area (Å²) >= 11 is 0. The van der Waals surface area contributed by atoms with Gasteiger partial charge in [0.25, 0.3) is 0 Å². The molecule has 3 aliphatic rings. The Labute approximate surface area is 160 Å². The van der Waals surface area contributed by atoms with Gasteiger partial charge in [0.1, 0.15) is 5.82 Å². The smallest absolute Gasteiger partial charge is 0.123 e. The molecule has 0 spiro atoms. The van der Waals surface area contributed by atoms with Gasteiger partial charge in [-0.2, -0.15) is 0 Å². The molecule has 3 aliphatic heterocycles. The van der Waals surface area contributed by atoms with E-state index in [4.69, 9.17) is 4.98 Å². The van der Waals surface area contributed by atoms with E-state index in [9.17, 15) is 0 Å². The minimum Gasteiger partial charge on any atom is -0.330 e. The van der Waals surface area contributed by atoms with Gasteiger partial charge in [0.2, 0.25) is 0 Å². The number of pyridine rings is 1. The fraction of sp³-hybridized carbons (Fsp3) is 0.455. The van der Waals surface area contributed by atoms with Crippen LogP contribution in [-0.2, 0) is 20.1 Å². The van der Waals surface area contributed by atoms with Gasteiger partial charge in [-0.25, -0.2) is 4.98 Å². The van der Waals surface area contributed by atoms with Gasteiger partial charge in [-0.3, -0.25) is 14.8 Å². The van der Waals surface area contributed by atoms with Gasteiger partial charge in [0, 0.05) is 51.7 Å². The molecule has 5 nitrogen and oxygen atoms in total. The zero-order valence-electron chi connectivity index (χ0n) is 16.0. The molecule has 2 bridgehead atoms. The number of imidazole rings is 1. The second kappa shape index (κ2) is 7.06. The summed E-state index contributed by atoms with van der Waals surface area (Å²) in [5.41, 5.74) is 3.65. The lowest BCUT2D eigenvalue weighted by atomic mass is 9.95. The highest BCUT2D eigenvalue weighted by molar-refractivity contribution is 5.75. The lowest BCUT2D eigenvalue weighted by Gasteiger charge is -2.35. The van der Waals surface area contributed by atoms with Gasteiger partial charge in [0.15, 0.2) is 0 Å².